The van der Waals surface area contributed by atoms with Gasteiger partial charge >= 0.3 is 5.97 Å². The molecule has 0 radical (unpaired) electrons. The maximum absolute atomic E-state index is 11.0. The van der Waals surface area contributed by atoms with Gasteiger partial charge in [-0.25, -0.2) is 0 Å². The Hall–Kier alpha value is -1.22. The smallest absolute Gasteiger partial charge is 0.309 e. The van der Waals surface area contributed by atoms with Gasteiger partial charge in [0, 0.05) is 10.6 Å². The first-order valence-electron chi connectivity index (χ1n) is 4.96. The average molecular weight is 243 g/mol. The number of benzene rings is 1. The number of halogens is 1. The van der Waals surface area contributed by atoms with Crippen LogP contribution in [0.1, 0.15) is 25.0 Å². The molecule has 0 aliphatic heterocycles. The fourth-order valence-electron chi connectivity index (χ4n) is 1.41. The molecule has 0 aromatic heterocycles. The molecule has 0 unspecified atom stereocenters. The summed E-state index contributed by atoms with van der Waals surface area (Å²) in [5.74, 6) is -0.828. The van der Waals surface area contributed by atoms with Crippen molar-refractivity contribution in [3.05, 3.63) is 28.3 Å². The average Bonchev–Trinajstić information content (AvgIpc) is 2.18. The van der Waals surface area contributed by atoms with E-state index in [0.717, 1.165) is 0 Å². The molecular weight excluding hydrogens is 228 g/mol. The van der Waals surface area contributed by atoms with Crippen molar-refractivity contribution in [2.75, 3.05) is 0 Å². The minimum atomic E-state index is -0.949. The van der Waals surface area contributed by atoms with Gasteiger partial charge in [0.2, 0.25) is 0 Å². The Morgan fingerprint density at radius 2 is 2.00 bits per heavy atom. The van der Waals surface area contributed by atoms with E-state index in [4.69, 9.17) is 16.7 Å². The van der Waals surface area contributed by atoms with E-state index in [0.29, 0.717) is 16.1 Å². The van der Waals surface area contributed by atoms with E-state index in [1.165, 1.54) is 0 Å². The first-order valence-corrected chi connectivity index (χ1v) is 5.34. The van der Waals surface area contributed by atoms with E-state index in [1.54, 1.807) is 32.9 Å². The molecule has 2 N–H and O–H groups in total. The van der Waals surface area contributed by atoms with Crippen LogP contribution in [0.2, 0.25) is 5.02 Å². The molecule has 0 fully saturated rings. The molecule has 0 amide bonds. The minimum absolute atomic E-state index is 0.0850. The zero-order chi connectivity index (χ0) is 12.5. The highest BCUT2D eigenvalue weighted by molar-refractivity contribution is 6.31. The second-order valence-electron chi connectivity index (χ2n) is 4.56. The molecule has 3 nitrogen and oxygen atoms in total. The van der Waals surface area contributed by atoms with Gasteiger partial charge < -0.3 is 10.2 Å². The number of aromatic hydroxyl groups is 1. The number of phenols is 1. The van der Waals surface area contributed by atoms with Gasteiger partial charge in [-0.1, -0.05) is 17.7 Å². The summed E-state index contributed by atoms with van der Waals surface area (Å²) in [7, 11) is 0. The van der Waals surface area contributed by atoms with Gasteiger partial charge in [0.15, 0.2) is 0 Å². The highest BCUT2D eigenvalue weighted by Gasteiger charge is 2.29. The fraction of sp³-hybridized carbons (Fsp3) is 0.417. The van der Waals surface area contributed by atoms with Crippen LogP contribution >= 0.6 is 11.6 Å². The van der Waals surface area contributed by atoms with Crippen LogP contribution in [0.25, 0.3) is 0 Å². The van der Waals surface area contributed by atoms with E-state index in [9.17, 15) is 9.90 Å². The molecule has 0 heterocycles. The van der Waals surface area contributed by atoms with Gasteiger partial charge in [-0.2, -0.15) is 0 Å². The molecular formula is C12H15ClO3. The van der Waals surface area contributed by atoms with E-state index in [2.05, 4.69) is 0 Å². The van der Waals surface area contributed by atoms with Crippen molar-refractivity contribution in [3.8, 4) is 5.75 Å². The Morgan fingerprint density at radius 3 is 2.50 bits per heavy atom. The van der Waals surface area contributed by atoms with Crippen molar-refractivity contribution in [2.45, 2.75) is 27.2 Å². The normalized spacial score (nSPS) is 11.5. The van der Waals surface area contributed by atoms with Crippen molar-refractivity contribution < 1.29 is 15.0 Å². The second-order valence-corrected chi connectivity index (χ2v) is 4.96. The minimum Gasteiger partial charge on any atom is -0.507 e. The standard InChI is InChI=1S/C12H15ClO3/c1-7-4-5-9(13)8(10(7)14)6-12(2,3)11(15)16/h4-5,14H,6H2,1-3H3,(H,15,16). The zero-order valence-electron chi connectivity index (χ0n) is 9.54. The Balaban J connectivity index is 3.15. The molecule has 4 heteroatoms. The quantitative estimate of drug-likeness (QED) is 0.857. The summed E-state index contributed by atoms with van der Waals surface area (Å²) < 4.78 is 0. The maximum atomic E-state index is 11.0. The maximum Gasteiger partial charge on any atom is 0.309 e. The third-order valence-electron chi connectivity index (χ3n) is 2.62. The van der Waals surface area contributed by atoms with Crippen molar-refractivity contribution in [1.29, 1.82) is 0 Å². The topological polar surface area (TPSA) is 57.5 Å². The molecule has 0 saturated heterocycles. The summed E-state index contributed by atoms with van der Waals surface area (Å²) in [5, 5.41) is 19.3. The number of aryl methyl sites for hydroxylation is 1. The largest absolute Gasteiger partial charge is 0.507 e. The van der Waals surface area contributed by atoms with E-state index in [1.807, 2.05) is 0 Å². The molecule has 1 aromatic carbocycles. The molecule has 88 valence electrons. The lowest BCUT2D eigenvalue weighted by molar-refractivity contribution is -0.146. The van der Waals surface area contributed by atoms with Crippen LogP contribution in [-0.4, -0.2) is 16.2 Å². The molecule has 1 rings (SSSR count). The van der Waals surface area contributed by atoms with Gasteiger partial charge in [0.25, 0.3) is 0 Å². The first-order chi connectivity index (χ1) is 7.25. The van der Waals surface area contributed by atoms with Crippen LogP contribution in [-0.2, 0) is 11.2 Å². The van der Waals surface area contributed by atoms with E-state index >= 15 is 0 Å². The Kier molecular flexibility index (Phi) is 3.48. The second kappa shape index (κ2) is 4.34. The summed E-state index contributed by atoms with van der Waals surface area (Å²) >= 11 is 5.96. The highest BCUT2D eigenvalue weighted by atomic mass is 35.5. The van der Waals surface area contributed by atoms with Gasteiger partial charge in [-0.15, -0.1) is 0 Å². The first kappa shape index (κ1) is 12.8. The summed E-state index contributed by atoms with van der Waals surface area (Å²) in [6, 6.07) is 3.37. The zero-order valence-corrected chi connectivity index (χ0v) is 10.3. The van der Waals surface area contributed by atoms with Crippen LogP contribution < -0.4 is 0 Å². The Morgan fingerprint density at radius 1 is 1.44 bits per heavy atom. The molecule has 1 aromatic rings. The molecule has 0 aliphatic carbocycles. The van der Waals surface area contributed by atoms with Crippen molar-refractivity contribution in [2.24, 2.45) is 5.41 Å². The fourth-order valence-corrected chi connectivity index (χ4v) is 1.63. The number of hydrogen-bond acceptors (Lipinski definition) is 2. The number of rotatable bonds is 3. The van der Waals surface area contributed by atoms with Crippen LogP contribution in [0.5, 0.6) is 5.75 Å². The van der Waals surface area contributed by atoms with Crippen LogP contribution in [0.4, 0.5) is 0 Å². The summed E-state index contributed by atoms with van der Waals surface area (Å²) in [6.45, 7) is 4.96. The van der Waals surface area contributed by atoms with Crippen LogP contribution in [0, 0.1) is 12.3 Å². The van der Waals surface area contributed by atoms with E-state index < -0.39 is 11.4 Å². The third kappa shape index (κ3) is 2.47. The van der Waals surface area contributed by atoms with Crippen molar-refractivity contribution in [3.63, 3.8) is 0 Å². The summed E-state index contributed by atoms with van der Waals surface area (Å²) in [5.41, 5.74) is 0.240. The molecule has 0 spiro atoms. The SMILES string of the molecule is Cc1ccc(Cl)c(CC(C)(C)C(=O)O)c1O. The Labute approximate surface area is 99.7 Å². The van der Waals surface area contributed by atoms with Crippen LogP contribution in [0.3, 0.4) is 0 Å². The summed E-state index contributed by atoms with van der Waals surface area (Å²) in [6.07, 6.45) is 0.203. The predicted octanol–water partition coefficient (Wildman–Crippen LogP) is 3.01. The van der Waals surface area contributed by atoms with Gasteiger partial charge in [0.05, 0.1) is 5.41 Å². The number of phenolic OH excluding ortho intramolecular Hbond substituents is 1. The Bertz CT molecular complexity index is 425. The molecule has 0 bridgehead atoms. The highest BCUT2D eigenvalue weighted by Crippen LogP contribution is 2.34. The van der Waals surface area contributed by atoms with E-state index in [-0.39, 0.29) is 12.2 Å². The van der Waals surface area contributed by atoms with Gasteiger partial charge in [-0.3, -0.25) is 4.79 Å². The lowest BCUT2D eigenvalue weighted by Crippen LogP contribution is -2.26. The van der Waals surface area contributed by atoms with Gasteiger partial charge in [0.1, 0.15) is 5.75 Å². The monoisotopic (exact) mass is 242 g/mol. The lowest BCUT2D eigenvalue weighted by Gasteiger charge is -2.21. The molecule has 0 atom stereocenters. The molecule has 16 heavy (non-hydrogen) atoms. The number of hydrogen-bond donors (Lipinski definition) is 2. The van der Waals surface area contributed by atoms with Crippen molar-refractivity contribution >= 4 is 17.6 Å². The predicted molar refractivity (Wildman–Crippen MR) is 63.0 cm³/mol. The number of aliphatic carboxylic acids is 1. The molecule has 0 saturated carbocycles. The summed E-state index contributed by atoms with van der Waals surface area (Å²) in [4.78, 5) is 11.0. The van der Waals surface area contributed by atoms with Crippen LogP contribution in [0.15, 0.2) is 12.1 Å². The third-order valence-corrected chi connectivity index (χ3v) is 2.98. The lowest BCUT2D eigenvalue weighted by atomic mass is 9.85. The van der Waals surface area contributed by atoms with Crippen molar-refractivity contribution in [1.82, 2.24) is 0 Å². The number of carbonyl (C=O) groups is 1. The van der Waals surface area contributed by atoms with Gasteiger partial charge in [-0.05, 0) is 38.8 Å². The number of carboxylic acid groups (broad SMARTS) is 1. The number of carboxylic acids is 1. The molecule has 0 aliphatic rings.